The van der Waals surface area contributed by atoms with Crippen molar-refractivity contribution in [2.75, 3.05) is 14.2 Å². The molecule has 0 spiro atoms. The number of pyridine rings is 2. The van der Waals surface area contributed by atoms with Gasteiger partial charge in [-0.1, -0.05) is 29.6 Å². The number of hydrogen-bond donors (Lipinski definition) is 0. The lowest BCUT2D eigenvalue weighted by atomic mass is 9.85. The molecule has 78 heavy (non-hydrogen) atoms. The van der Waals surface area contributed by atoms with Crippen LogP contribution in [-0.4, -0.2) is 85.0 Å². The minimum atomic E-state index is -2.80. The number of nitrogens with zero attached hydrogens (tertiary/aromatic N) is 8. The Balaban J connectivity index is 0.000000166. The highest BCUT2D eigenvalue weighted by molar-refractivity contribution is 6.06. The zero-order chi connectivity index (χ0) is 54.6. The maximum atomic E-state index is 14.1. The molecule has 0 saturated heterocycles. The van der Waals surface area contributed by atoms with Crippen molar-refractivity contribution in [2.24, 2.45) is 0 Å². The van der Waals surface area contributed by atoms with Gasteiger partial charge in [0.2, 0.25) is 5.92 Å². The monoisotopic (exact) mass is 1080 g/mol. The van der Waals surface area contributed by atoms with Crippen molar-refractivity contribution in [1.82, 2.24) is 39.4 Å². The minimum absolute atomic E-state index is 0.0289. The van der Waals surface area contributed by atoms with E-state index in [2.05, 4.69) is 25.5 Å². The average molecular weight is 1090 g/mol. The van der Waals surface area contributed by atoms with Crippen molar-refractivity contribution >= 4 is 43.9 Å². The standard InChI is InChI=1S/C29H32F4N4O3.C29H34F2N4O3/c1-15-25(16(2)40-36-15)21-12-22-20(13-24(21)38-3)26-23(14-34-22)35-27(17-8-10-29(32,33)11-9-17)37(26)18-4-6-19(7-5-18)39-28(30)31;1-16-26(17(2)38-34-16)22-13-23-21(14-25(22)36-3)27-24(15-32-23)33-28(18-7-5-4-6-8-18)35(27)19-9-11-20(12-10-19)37-29(30)31/h12-14,17-19,28H,4-11H2,1-3H3;13-15,18-20,29H,4-12H2,1-3H3. The van der Waals surface area contributed by atoms with Gasteiger partial charge in [-0.05, 0) is 129 Å². The highest BCUT2D eigenvalue weighted by atomic mass is 19.3. The van der Waals surface area contributed by atoms with Gasteiger partial charge in [-0.15, -0.1) is 0 Å². The molecule has 0 unspecified atom stereocenters. The molecule has 0 bridgehead atoms. The summed E-state index contributed by atoms with van der Waals surface area (Å²) in [5, 5.41) is 10.0. The van der Waals surface area contributed by atoms with Crippen LogP contribution in [0.2, 0.25) is 0 Å². The van der Waals surface area contributed by atoms with Gasteiger partial charge < -0.3 is 37.1 Å². The van der Waals surface area contributed by atoms with Crippen molar-refractivity contribution in [2.45, 2.75) is 192 Å². The summed E-state index contributed by atoms with van der Waals surface area (Å²) in [6, 6.07) is 8.14. The Hall–Kier alpha value is -6.28. The zero-order valence-corrected chi connectivity index (χ0v) is 44.9. The molecule has 4 saturated carbocycles. The van der Waals surface area contributed by atoms with Crippen LogP contribution in [-0.2, 0) is 9.47 Å². The number of alkyl halides is 6. The lowest BCUT2D eigenvalue weighted by Crippen LogP contribution is -2.28. The fourth-order valence-electron chi connectivity index (χ4n) is 13.3. The van der Waals surface area contributed by atoms with Gasteiger partial charge in [0.05, 0.1) is 83.4 Å². The summed E-state index contributed by atoms with van der Waals surface area (Å²) < 4.78 is 116. The predicted octanol–water partition coefficient (Wildman–Crippen LogP) is 15.5. The number of hydrogen-bond acceptors (Lipinski definition) is 12. The van der Waals surface area contributed by atoms with Gasteiger partial charge in [0, 0.05) is 58.7 Å². The van der Waals surface area contributed by atoms with Gasteiger partial charge in [-0.25, -0.2) is 18.7 Å². The highest BCUT2D eigenvalue weighted by Gasteiger charge is 2.39. The summed E-state index contributed by atoms with van der Waals surface area (Å²) in [6.45, 7) is 2.01. The third-order valence-corrected chi connectivity index (χ3v) is 17.0. The van der Waals surface area contributed by atoms with E-state index in [9.17, 15) is 26.3 Å². The number of halogens is 6. The molecular weight excluding hydrogens is 1020 g/mol. The number of fused-ring (bicyclic) bond motifs is 6. The first-order valence-electron chi connectivity index (χ1n) is 27.5. The van der Waals surface area contributed by atoms with Crippen molar-refractivity contribution in [1.29, 1.82) is 0 Å². The number of imidazole rings is 2. The molecule has 14 nitrogen and oxygen atoms in total. The molecule has 8 aromatic rings. The summed E-state index contributed by atoms with van der Waals surface area (Å²) in [4.78, 5) is 19.7. The van der Waals surface area contributed by atoms with E-state index in [4.69, 9.17) is 47.9 Å². The predicted molar refractivity (Wildman–Crippen MR) is 282 cm³/mol. The van der Waals surface area contributed by atoms with Crippen LogP contribution in [0.3, 0.4) is 0 Å². The lowest BCUT2D eigenvalue weighted by Gasteiger charge is -2.33. The van der Waals surface area contributed by atoms with Crippen molar-refractivity contribution in [3.8, 4) is 33.8 Å². The third-order valence-electron chi connectivity index (χ3n) is 17.0. The molecule has 416 valence electrons. The molecule has 4 aliphatic rings. The lowest BCUT2D eigenvalue weighted by molar-refractivity contribution is -0.171. The second-order valence-corrected chi connectivity index (χ2v) is 21.8. The van der Waals surface area contributed by atoms with E-state index in [-0.39, 0.29) is 30.8 Å². The molecule has 12 rings (SSSR count). The Labute approximate surface area is 447 Å². The first-order chi connectivity index (χ1) is 37.6. The SMILES string of the molecule is COc1cc2c(cc1-c1c(C)noc1C)ncc1nc(C3CCC(F)(F)CC3)n(C3CCC(OC(F)F)CC3)c12.COc1cc2c(cc1-c1c(C)noc1C)ncc1nc(C3CCCCC3)n(C3CCC(OC(F)F)CC3)c12. The molecule has 2 aromatic carbocycles. The minimum Gasteiger partial charge on any atom is -0.496 e. The maximum absolute atomic E-state index is 14.1. The zero-order valence-electron chi connectivity index (χ0n) is 44.9. The Morgan fingerprint density at radius 2 is 0.949 bits per heavy atom. The van der Waals surface area contributed by atoms with Gasteiger partial charge in [-0.2, -0.15) is 17.6 Å². The van der Waals surface area contributed by atoms with Gasteiger partial charge in [0.25, 0.3) is 0 Å². The van der Waals surface area contributed by atoms with Crippen LogP contribution in [0.4, 0.5) is 26.3 Å². The van der Waals surface area contributed by atoms with Gasteiger partial charge in [-0.3, -0.25) is 9.97 Å². The largest absolute Gasteiger partial charge is 0.496 e. The van der Waals surface area contributed by atoms with E-state index >= 15 is 0 Å². The van der Waals surface area contributed by atoms with E-state index in [0.29, 0.717) is 74.3 Å². The maximum Gasteiger partial charge on any atom is 0.345 e. The smallest absolute Gasteiger partial charge is 0.345 e. The molecule has 4 fully saturated rings. The van der Waals surface area contributed by atoms with Crippen molar-refractivity contribution < 1.29 is 54.3 Å². The number of aryl methyl sites for hydroxylation is 4. The molecule has 0 amide bonds. The summed E-state index contributed by atoms with van der Waals surface area (Å²) >= 11 is 0. The van der Waals surface area contributed by atoms with Crippen LogP contribution in [0.5, 0.6) is 11.5 Å². The molecule has 4 aliphatic carbocycles. The van der Waals surface area contributed by atoms with Gasteiger partial charge in [0.1, 0.15) is 45.7 Å². The summed E-state index contributed by atoms with van der Waals surface area (Å²) in [6.07, 6.45) is 13.9. The Kier molecular flexibility index (Phi) is 15.2. The van der Waals surface area contributed by atoms with Gasteiger partial charge >= 0.3 is 13.2 Å². The molecular formula is C58H66F6N8O6. The number of methoxy groups -OCH3 is 2. The molecule has 0 aliphatic heterocycles. The van der Waals surface area contributed by atoms with E-state index in [1.54, 1.807) is 20.4 Å². The molecule has 0 atom stereocenters. The molecule has 6 heterocycles. The van der Waals surface area contributed by atoms with Crippen molar-refractivity contribution in [3.05, 3.63) is 71.2 Å². The van der Waals surface area contributed by atoms with Crippen LogP contribution in [0.1, 0.15) is 168 Å². The van der Waals surface area contributed by atoms with E-state index < -0.39 is 31.4 Å². The van der Waals surface area contributed by atoms with Crippen LogP contribution < -0.4 is 9.47 Å². The quantitative estimate of drug-likeness (QED) is 0.107. The van der Waals surface area contributed by atoms with E-state index in [1.807, 2.05) is 52.1 Å². The molecule has 0 N–H and O–H groups in total. The van der Waals surface area contributed by atoms with Crippen LogP contribution in [0, 0.1) is 27.7 Å². The highest BCUT2D eigenvalue weighted by Crippen LogP contribution is 2.48. The second-order valence-electron chi connectivity index (χ2n) is 21.8. The normalized spacial score (nSPS) is 21.6. The Morgan fingerprint density at radius 1 is 0.538 bits per heavy atom. The topological polar surface area (TPSA) is 150 Å². The fourth-order valence-corrected chi connectivity index (χ4v) is 13.3. The van der Waals surface area contributed by atoms with Crippen LogP contribution in [0.15, 0.2) is 45.7 Å². The number of ether oxygens (including phenoxy) is 4. The van der Waals surface area contributed by atoms with Crippen LogP contribution in [0.25, 0.3) is 66.1 Å². The molecule has 6 aromatic heterocycles. The van der Waals surface area contributed by atoms with Crippen LogP contribution >= 0.6 is 0 Å². The third kappa shape index (κ3) is 10.4. The summed E-state index contributed by atoms with van der Waals surface area (Å²) in [7, 11) is 3.27. The molecule has 0 radical (unpaired) electrons. The number of benzene rings is 2. The summed E-state index contributed by atoms with van der Waals surface area (Å²) in [5.41, 5.74) is 10.0. The second kappa shape index (κ2) is 22.1. The molecule has 20 heteroatoms. The first kappa shape index (κ1) is 53.7. The van der Waals surface area contributed by atoms with Crippen molar-refractivity contribution in [3.63, 3.8) is 0 Å². The number of aromatic nitrogens is 8. The fraction of sp³-hybridized carbons (Fsp3) is 0.552. The Morgan fingerprint density at radius 3 is 1.32 bits per heavy atom. The first-order valence-corrected chi connectivity index (χ1v) is 27.5. The number of rotatable bonds is 12. The Bertz CT molecular complexity index is 3390. The average Bonchev–Trinajstić information content (AvgIpc) is 4.29. The van der Waals surface area contributed by atoms with E-state index in [1.165, 1.54) is 19.3 Å². The van der Waals surface area contributed by atoms with E-state index in [0.717, 1.165) is 121 Å². The summed E-state index contributed by atoms with van der Waals surface area (Å²) in [5.74, 6) is 2.24. The van der Waals surface area contributed by atoms with Gasteiger partial charge in [0.15, 0.2) is 0 Å².